The van der Waals surface area contributed by atoms with Gasteiger partial charge in [0.25, 0.3) is 0 Å². The first-order valence-corrected chi connectivity index (χ1v) is 6.94. The van der Waals surface area contributed by atoms with E-state index in [9.17, 15) is 5.11 Å². The second kappa shape index (κ2) is 9.16. The largest absolute Gasteiger partial charge is 0.497 e. The Hall–Kier alpha value is -1.84. The van der Waals surface area contributed by atoms with E-state index in [2.05, 4.69) is 6.58 Å². The van der Waals surface area contributed by atoms with Crippen molar-refractivity contribution in [3.05, 3.63) is 72.1 Å². The Kier molecular flexibility index (Phi) is 7.51. The highest BCUT2D eigenvalue weighted by Gasteiger charge is 2.11. The van der Waals surface area contributed by atoms with Crippen molar-refractivity contribution in [2.24, 2.45) is 5.92 Å². The number of hydrogen-bond donors (Lipinski definition) is 1. The van der Waals surface area contributed by atoms with Gasteiger partial charge in [0.05, 0.1) is 19.8 Å². The van der Waals surface area contributed by atoms with Crippen molar-refractivity contribution in [1.82, 2.24) is 0 Å². The van der Waals surface area contributed by atoms with Crippen LogP contribution in [0, 0.1) is 5.92 Å². The van der Waals surface area contributed by atoms with Gasteiger partial charge in [-0.1, -0.05) is 50.0 Å². The van der Waals surface area contributed by atoms with Gasteiger partial charge in [-0.05, 0) is 23.3 Å². The van der Waals surface area contributed by atoms with Crippen molar-refractivity contribution >= 4 is 0 Å². The van der Waals surface area contributed by atoms with Crippen LogP contribution in [0.2, 0.25) is 0 Å². The molecular weight excluding hydrogens is 264 g/mol. The quantitative estimate of drug-likeness (QED) is 0.577. The Morgan fingerprint density at radius 1 is 1.43 bits per heavy atom. The number of aliphatic hydroxyl groups excluding tert-OH is 1. The average molecular weight is 288 g/mol. The third-order valence-corrected chi connectivity index (χ3v) is 3.18. The van der Waals surface area contributed by atoms with Crippen molar-refractivity contribution in [2.75, 3.05) is 20.8 Å². The lowest BCUT2D eigenvalue weighted by Crippen LogP contribution is -2.15. The molecule has 0 bridgehead atoms. The minimum atomic E-state index is -0.397. The molecule has 0 aromatic heterocycles. The van der Waals surface area contributed by atoms with E-state index in [0.717, 1.165) is 11.1 Å². The molecule has 0 saturated heterocycles. The number of aliphatic hydroxyl groups is 1. The van der Waals surface area contributed by atoms with Gasteiger partial charge < -0.3 is 14.6 Å². The molecule has 21 heavy (non-hydrogen) atoms. The fourth-order valence-corrected chi connectivity index (χ4v) is 1.87. The molecule has 3 nitrogen and oxygen atoms in total. The van der Waals surface area contributed by atoms with Gasteiger partial charge in [-0.2, -0.15) is 0 Å². The summed E-state index contributed by atoms with van der Waals surface area (Å²) in [6.07, 6.45) is 14.9. The number of ether oxygens (including phenoxy) is 2. The predicted molar refractivity (Wildman–Crippen MR) is 86.8 cm³/mol. The molecule has 2 unspecified atom stereocenters. The summed E-state index contributed by atoms with van der Waals surface area (Å²) in [6, 6.07) is 0. The monoisotopic (exact) mass is 288 g/mol. The number of methoxy groups -OCH3 is 2. The molecule has 1 aliphatic carbocycles. The number of rotatable bonds is 7. The lowest BCUT2D eigenvalue weighted by atomic mass is 9.95. The minimum absolute atomic E-state index is 0.124. The summed E-state index contributed by atoms with van der Waals surface area (Å²) in [7, 11) is 3.27. The highest BCUT2D eigenvalue weighted by atomic mass is 16.5. The molecule has 3 heteroatoms. The van der Waals surface area contributed by atoms with Gasteiger partial charge in [-0.15, -0.1) is 0 Å². The van der Waals surface area contributed by atoms with Crippen LogP contribution in [0.15, 0.2) is 72.1 Å². The van der Waals surface area contributed by atoms with Crippen molar-refractivity contribution in [1.29, 1.82) is 0 Å². The van der Waals surface area contributed by atoms with Crippen LogP contribution in [0.5, 0.6) is 0 Å². The van der Waals surface area contributed by atoms with Crippen LogP contribution in [-0.4, -0.2) is 32.0 Å². The molecule has 0 spiro atoms. The van der Waals surface area contributed by atoms with E-state index < -0.39 is 6.10 Å². The van der Waals surface area contributed by atoms with Crippen LogP contribution in [0.25, 0.3) is 0 Å². The first kappa shape index (κ1) is 17.2. The zero-order valence-electron chi connectivity index (χ0n) is 13.0. The molecule has 0 aromatic rings. The van der Waals surface area contributed by atoms with Gasteiger partial charge in [0.15, 0.2) is 0 Å². The molecule has 114 valence electrons. The topological polar surface area (TPSA) is 38.7 Å². The molecule has 1 rings (SSSR count). The highest BCUT2D eigenvalue weighted by Crippen LogP contribution is 2.18. The van der Waals surface area contributed by atoms with Gasteiger partial charge >= 0.3 is 0 Å². The second-order valence-corrected chi connectivity index (χ2v) is 4.82. The fourth-order valence-electron chi connectivity index (χ4n) is 1.87. The summed E-state index contributed by atoms with van der Waals surface area (Å²) in [5.41, 5.74) is 2.05. The summed E-state index contributed by atoms with van der Waals surface area (Å²) in [5, 5.41) is 9.65. The van der Waals surface area contributed by atoms with Gasteiger partial charge in [-0.25, -0.2) is 0 Å². The van der Waals surface area contributed by atoms with E-state index in [1.54, 1.807) is 20.3 Å². The molecule has 0 fully saturated rings. The molecule has 1 aliphatic rings. The Bertz CT molecular complexity index is 493. The third-order valence-electron chi connectivity index (χ3n) is 3.18. The van der Waals surface area contributed by atoms with E-state index in [4.69, 9.17) is 9.47 Å². The molecule has 0 heterocycles. The summed E-state index contributed by atoms with van der Waals surface area (Å²) < 4.78 is 10.3. The van der Waals surface area contributed by atoms with E-state index in [0.29, 0.717) is 12.4 Å². The lowest BCUT2D eigenvalue weighted by molar-refractivity contribution is 0.183. The van der Waals surface area contributed by atoms with Gasteiger partial charge in [0.1, 0.15) is 5.76 Å². The zero-order chi connectivity index (χ0) is 15.7. The van der Waals surface area contributed by atoms with Crippen molar-refractivity contribution in [2.45, 2.75) is 13.0 Å². The van der Waals surface area contributed by atoms with Crippen LogP contribution >= 0.6 is 0 Å². The third kappa shape index (κ3) is 5.98. The Morgan fingerprint density at radius 2 is 2.19 bits per heavy atom. The maximum absolute atomic E-state index is 9.65. The number of allylic oxidation sites excluding steroid dienone is 7. The first-order valence-electron chi connectivity index (χ1n) is 6.94. The predicted octanol–water partition coefficient (Wildman–Crippen LogP) is 3.32. The van der Waals surface area contributed by atoms with Crippen LogP contribution < -0.4 is 0 Å². The fraction of sp³-hybridized carbons (Fsp3) is 0.333. The maximum atomic E-state index is 9.65. The first-order chi connectivity index (χ1) is 10.1. The molecule has 0 amide bonds. The van der Waals surface area contributed by atoms with Crippen LogP contribution in [-0.2, 0) is 9.47 Å². The summed E-state index contributed by atoms with van der Waals surface area (Å²) in [6.45, 7) is 6.22. The lowest BCUT2D eigenvalue weighted by Gasteiger charge is -2.16. The second-order valence-electron chi connectivity index (χ2n) is 4.82. The molecule has 0 saturated carbocycles. The van der Waals surface area contributed by atoms with Crippen molar-refractivity contribution in [3.63, 3.8) is 0 Å². The van der Waals surface area contributed by atoms with Gasteiger partial charge in [0, 0.05) is 13.0 Å². The van der Waals surface area contributed by atoms with E-state index in [1.165, 1.54) is 0 Å². The summed E-state index contributed by atoms with van der Waals surface area (Å²) in [5.74, 6) is 0.818. The van der Waals surface area contributed by atoms with Crippen LogP contribution in [0.4, 0.5) is 0 Å². The van der Waals surface area contributed by atoms with Crippen molar-refractivity contribution < 1.29 is 14.6 Å². The zero-order valence-corrected chi connectivity index (χ0v) is 13.0. The standard InChI is InChI=1S/C18H24O3/c1-5-17(21-4)13-16(10-11-20-3)7-6-15-8-9-18(19)14(2)12-15/h5-10,12-14,18-19H,1,11H2,2-4H3/b7-6+,16-10-,17-13+. The molecule has 1 N–H and O–H groups in total. The van der Waals surface area contributed by atoms with E-state index in [-0.39, 0.29) is 5.92 Å². The minimum Gasteiger partial charge on any atom is -0.497 e. The number of hydrogen-bond acceptors (Lipinski definition) is 3. The maximum Gasteiger partial charge on any atom is 0.118 e. The Labute approximate surface area is 127 Å². The normalized spacial score (nSPS) is 23.3. The van der Waals surface area contributed by atoms with E-state index in [1.807, 2.05) is 49.5 Å². The van der Waals surface area contributed by atoms with E-state index >= 15 is 0 Å². The molecular formula is C18H24O3. The Morgan fingerprint density at radius 3 is 2.76 bits per heavy atom. The summed E-state index contributed by atoms with van der Waals surface area (Å²) >= 11 is 0. The van der Waals surface area contributed by atoms with Gasteiger partial charge in [-0.3, -0.25) is 0 Å². The SMILES string of the molecule is C=C\C(=C/C(=C\COC)/C=C/C1=CC(C)C(O)C=C1)OC. The molecule has 2 atom stereocenters. The highest BCUT2D eigenvalue weighted by molar-refractivity contribution is 5.42. The average Bonchev–Trinajstić information content (AvgIpc) is 2.50. The van der Waals surface area contributed by atoms with Crippen molar-refractivity contribution in [3.8, 4) is 0 Å². The van der Waals surface area contributed by atoms with Gasteiger partial charge in [0.2, 0.25) is 0 Å². The smallest absolute Gasteiger partial charge is 0.118 e. The molecule has 0 aliphatic heterocycles. The molecule has 0 radical (unpaired) electrons. The van der Waals surface area contributed by atoms with Crippen LogP contribution in [0.3, 0.4) is 0 Å². The summed E-state index contributed by atoms with van der Waals surface area (Å²) in [4.78, 5) is 0. The van der Waals surface area contributed by atoms with Crippen LogP contribution in [0.1, 0.15) is 6.92 Å². The Balaban J connectivity index is 2.89. The molecule has 0 aromatic carbocycles.